The van der Waals surface area contributed by atoms with Crippen molar-refractivity contribution in [3.8, 4) is 0 Å². The van der Waals surface area contributed by atoms with Gasteiger partial charge in [0.25, 0.3) is 0 Å². The van der Waals surface area contributed by atoms with Gasteiger partial charge in [0.15, 0.2) is 5.16 Å². The molecule has 0 radical (unpaired) electrons. The highest BCUT2D eigenvalue weighted by atomic mass is 32.2. The number of hydrogen-bond donors (Lipinski definition) is 1. The molecule has 1 rings (SSSR count). The molecule has 0 aliphatic rings. The average Bonchev–Trinajstić information content (AvgIpc) is 2.78. The predicted molar refractivity (Wildman–Crippen MR) is 78.0 cm³/mol. The molecule has 0 fully saturated rings. The lowest BCUT2D eigenvalue weighted by atomic mass is 10.2. The Morgan fingerprint density at radius 1 is 1.45 bits per heavy atom. The van der Waals surface area contributed by atoms with Crippen LogP contribution in [0.2, 0.25) is 0 Å². The van der Waals surface area contributed by atoms with Crippen LogP contribution in [0, 0.1) is 6.92 Å². The van der Waals surface area contributed by atoms with Crippen molar-refractivity contribution in [2.75, 3.05) is 18.8 Å². The first kappa shape index (κ1) is 16.6. The summed E-state index contributed by atoms with van der Waals surface area (Å²) in [5.74, 6) is -0.943. The number of amides is 1. The Labute approximate surface area is 123 Å². The van der Waals surface area contributed by atoms with E-state index in [0.717, 1.165) is 17.5 Å². The Kier molecular flexibility index (Phi) is 6.06. The van der Waals surface area contributed by atoms with Crippen LogP contribution in [0.4, 0.5) is 0 Å². The standard InChI is InChI=1S/C13H21N3O3S/c1-5-15(6-2)12(19)10(4)16-9(3)7-14-13(16)20-8-11(17)18/h7,10H,5-6,8H2,1-4H3,(H,17,18). The van der Waals surface area contributed by atoms with Gasteiger partial charge >= 0.3 is 5.97 Å². The van der Waals surface area contributed by atoms with Crippen molar-refractivity contribution in [3.63, 3.8) is 0 Å². The van der Waals surface area contributed by atoms with Gasteiger partial charge in [-0.3, -0.25) is 9.59 Å². The number of likely N-dealkylation sites (N-methyl/N-ethyl adjacent to an activating group) is 1. The van der Waals surface area contributed by atoms with E-state index in [9.17, 15) is 9.59 Å². The van der Waals surface area contributed by atoms with Gasteiger partial charge in [-0.1, -0.05) is 11.8 Å². The van der Waals surface area contributed by atoms with Crippen LogP contribution in [0.1, 0.15) is 32.5 Å². The average molecular weight is 299 g/mol. The lowest BCUT2D eigenvalue weighted by Crippen LogP contribution is -2.36. The van der Waals surface area contributed by atoms with E-state index in [2.05, 4.69) is 4.98 Å². The summed E-state index contributed by atoms with van der Waals surface area (Å²) in [6.07, 6.45) is 1.66. The second-order valence-corrected chi connectivity index (χ2v) is 5.36. The maximum Gasteiger partial charge on any atom is 0.313 e. The van der Waals surface area contributed by atoms with Crippen LogP contribution in [-0.2, 0) is 9.59 Å². The molecule has 0 aromatic carbocycles. The van der Waals surface area contributed by atoms with Gasteiger partial charge in [-0.25, -0.2) is 4.98 Å². The van der Waals surface area contributed by atoms with E-state index in [1.54, 1.807) is 15.7 Å². The number of hydrogen-bond acceptors (Lipinski definition) is 4. The monoisotopic (exact) mass is 299 g/mol. The molecule has 0 bridgehead atoms. The summed E-state index contributed by atoms with van der Waals surface area (Å²) in [5.41, 5.74) is 0.853. The maximum absolute atomic E-state index is 12.4. The number of nitrogens with zero attached hydrogens (tertiary/aromatic N) is 3. The molecule has 1 amide bonds. The van der Waals surface area contributed by atoms with Gasteiger partial charge in [0.2, 0.25) is 5.91 Å². The summed E-state index contributed by atoms with van der Waals surface area (Å²) >= 11 is 1.13. The third kappa shape index (κ3) is 3.75. The fraction of sp³-hybridized carbons (Fsp3) is 0.615. The largest absolute Gasteiger partial charge is 0.481 e. The van der Waals surface area contributed by atoms with Gasteiger partial charge in [0.1, 0.15) is 6.04 Å². The molecule has 6 nitrogen and oxygen atoms in total. The van der Waals surface area contributed by atoms with Crippen molar-refractivity contribution in [2.24, 2.45) is 0 Å². The summed E-state index contributed by atoms with van der Waals surface area (Å²) in [7, 11) is 0. The Hall–Kier alpha value is -1.50. The molecule has 0 spiro atoms. The second-order valence-electron chi connectivity index (χ2n) is 4.42. The number of thioether (sulfide) groups is 1. The summed E-state index contributed by atoms with van der Waals surface area (Å²) in [6, 6.07) is -0.381. The van der Waals surface area contributed by atoms with Crippen molar-refractivity contribution >= 4 is 23.6 Å². The first-order valence-corrected chi connectivity index (χ1v) is 7.58. The minimum Gasteiger partial charge on any atom is -0.481 e. The predicted octanol–water partition coefficient (Wildman–Crippen LogP) is 1.80. The Morgan fingerprint density at radius 2 is 2.05 bits per heavy atom. The molecule has 1 heterocycles. The zero-order valence-electron chi connectivity index (χ0n) is 12.3. The summed E-state index contributed by atoms with van der Waals surface area (Å²) in [6.45, 7) is 8.88. The third-order valence-corrected chi connectivity index (χ3v) is 4.04. The lowest BCUT2D eigenvalue weighted by molar-refractivity contribution is -0.134. The van der Waals surface area contributed by atoms with Gasteiger partial charge in [-0.15, -0.1) is 0 Å². The number of carboxylic acid groups (broad SMARTS) is 1. The highest BCUT2D eigenvalue weighted by molar-refractivity contribution is 7.99. The molecule has 1 atom stereocenters. The Morgan fingerprint density at radius 3 is 2.55 bits per heavy atom. The summed E-state index contributed by atoms with van der Waals surface area (Å²) in [5, 5.41) is 9.32. The molecule has 0 aliphatic heterocycles. The highest BCUT2D eigenvalue weighted by Gasteiger charge is 2.23. The van der Waals surface area contributed by atoms with Crippen molar-refractivity contribution in [3.05, 3.63) is 11.9 Å². The van der Waals surface area contributed by atoms with E-state index in [-0.39, 0.29) is 17.7 Å². The van der Waals surface area contributed by atoms with Gasteiger partial charge in [0.05, 0.1) is 5.75 Å². The SMILES string of the molecule is CCN(CC)C(=O)C(C)n1c(C)cnc1SCC(=O)O. The van der Waals surface area contributed by atoms with Crippen molar-refractivity contribution in [1.29, 1.82) is 0 Å². The fourth-order valence-corrected chi connectivity index (χ4v) is 2.86. The number of carbonyl (C=O) groups is 2. The third-order valence-electron chi connectivity index (χ3n) is 3.09. The first-order valence-electron chi connectivity index (χ1n) is 6.59. The molecule has 1 N–H and O–H groups in total. The highest BCUT2D eigenvalue weighted by Crippen LogP contribution is 2.24. The topological polar surface area (TPSA) is 75.4 Å². The van der Waals surface area contributed by atoms with Crippen LogP contribution in [0.15, 0.2) is 11.4 Å². The number of carbonyl (C=O) groups excluding carboxylic acids is 1. The van der Waals surface area contributed by atoms with Crippen molar-refractivity contribution in [1.82, 2.24) is 14.5 Å². The Balaban J connectivity index is 2.96. The number of aromatic nitrogens is 2. The second kappa shape index (κ2) is 7.33. The minimum atomic E-state index is -0.898. The number of imidazole rings is 1. The molecule has 1 aromatic rings. The van der Waals surface area contributed by atoms with E-state index in [4.69, 9.17) is 5.11 Å². The van der Waals surface area contributed by atoms with Crippen molar-refractivity contribution in [2.45, 2.75) is 38.9 Å². The molecule has 112 valence electrons. The first-order chi connectivity index (χ1) is 9.42. The van der Waals surface area contributed by atoms with Crippen LogP contribution in [0.3, 0.4) is 0 Å². The normalized spacial score (nSPS) is 12.2. The van der Waals surface area contributed by atoms with Crippen LogP contribution in [0.25, 0.3) is 0 Å². The molecular formula is C13H21N3O3S. The van der Waals surface area contributed by atoms with Crippen molar-refractivity contribution < 1.29 is 14.7 Å². The van der Waals surface area contributed by atoms with E-state index in [1.807, 2.05) is 27.7 Å². The molecule has 1 unspecified atom stereocenters. The summed E-state index contributed by atoms with van der Waals surface area (Å²) in [4.78, 5) is 29.0. The zero-order chi connectivity index (χ0) is 15.3. The van der Waals surface area contributed by atoms with E-state index >= 15 is 0 Å². The molecule has 0 saturated carbocycles. The number of carboxylic acids is 1. The molecular weight excluding hydrogens is 278 g/mol. The quantitative estimate of drug-likeness (QED) is 0.777. The minimum absolute atomic E-state index is 0.0216. The molecule has 7 heteroatoms. The molecule has 1 aromatic heterocycles. The molecule has 0 saturated heterocycles. The van der Waals surface area contributed by atoms with E-state index < -0.39 is 5.97 Å². The van der Waals surface area contributed by atoms with E-state index in [0.29, 0.717) is 18.2 Å². The smallest absolute Gasteiger partial charge is 0.313 e. The number of rotatable bonds is 7. The number of aliphatic carboxylic acids is 1. The van der Waals surface area contributed by atoms with Gasteiger partial charge in [-0.05, 0) is 27.7 Å². The lowest BCUT2D eigenvalue weighted by Gasteiger charge is -2.25. The zero-order valence-corrected chi connectivity index (χ0v) is 13.1. The fourth-order valence-electron chi connectivity index (χ4n) is 2.04. The Bertz CT molecular complexity index is 483. The van der Waals surface area contributed by atoms with Crippen LogP contribution in [-0.4, -0.2) is 50.3 Å². The van der Waals surface area contributed by atoms with Crippen LogP contribution in [0.5, 0.6) is 0 Å². The maximum atomic E-state index is 12.4. The van der Waals surface area contributed by atoms with Gasteiger partial charge < -0.3 is 14.6 Å². The van der Waals surface area contributed by atoms with Gasteiger partial charge in [-0.2, -0.15) is 0 Å². The van der Waals surface area contributed by atoms with E-state index in [1.165, 1.54) is 0 Å². The number of aryl methyl sites for hydroxylation is 1. The molecule has 0 aliphatic carbocycles. The molecule has 20 heavy (non-hydrogen) atoms. The van der Waals surface area contributed by atoms with Gasteiger partial charge in [0, 0.05) is 25.0 Å². The van der Waals surface area contributed by atoms with Crippen LogP contribution < -0.4 is 0 Å². The van der Waals surface area contributed by atoms with Crippen LogP contribution >= 0.6 is 11.8 Å². The summed E-state index contributed by atoms with van der Waals surface area (Å²) < 4.78 is 1.80.